The predicted octanol–water partition coefficient (Wildman–Crippen LogP) is 1.86. The van der Waals surface area contributed by atoms with Crippen LogP contribution in [0.5, 0.6) is 11.5 Å². The summed E-state index contributed by atoms with van der Waals surface area (Å²) in [6.07, 6.45) is 4.81. The van der Waals surface area contributed by atoms with Gasteiger partial charge >= 0.3 is 11.9 Å². The number of hydrogen-bond donors (Lipinski definition) is 2. The van der Waals surface area contributed by atoms with E-state index >= 15 is 0 Å². The van der Waals surface area contributed by atoms with Gasteiger partial charge in [-0.05, 0) is 36.9 Å². The first-order chi connectivity index (χ1) is 19.7. The molecule has 5 aliphatic heterocycles. The van der Waals surface area contributed by atoms with Gasteiger partial charge in [-0.2, -0.15) is 0 Å². The van der Waals surface area contributed by atoms with E-state index in [4.69, 9.17) is 24.4 Å². The van der Waals surface area contributed by atoms with Gasteiger partial charge in [-0.15, -0.1) is 0 Å². The highest BCUT2D eigenvalue weighted by Crippen LogP contribution is 2.66. The summed E-state index contributed by atoms with van der Waals surface area (Å²) in [7, 11) is 3.36. The lowest BCUT2D eigenvalue weighted by atomic mass is 9.53. The molecule has 7 aliphatic rings. The van der Waals surface area contributed by atoms with Crippen molar-refractivity contribution in [3.8, 4) is 11.5 Å². The predicted molar refractivity (Wildman–Crippen MR) is 143 cm³/mol. The SMILES string of the molecule is COc1cc2c(cc1OC)[C@@]13CCN4CC5=CCO[C@H]6CC(=O)N2[C@H]1[C@H]6[C@H]5C[C@H]43.O=C1C[C@@H](C(=O)O)[C@H](C(=O)O)C1. The molecule has 0 unspecified atom stereocenters. The van der Waals surface area contributed by atoms with Gasteiger partial charge in [0.25, 0.3) is 0 Å². The van der Waals surface area contributed by atoms with E-state index in [0.717, 1.165) is 30.9 Å². The quantitative estimate of drug-likeness (QED) is 0.519. The summed E-state index contributed by atoms with van der Waals surface area (Å²) < 4.78 is 17.6. The number of carbonyl (C=O) groups excluding carboxylic acids is 2. The van der Waals surface area contributed by atoms with Crippen LogP contribution in [0, 0.1) is 23.7 Å². The number of Topliss-reactive ketones (excluding diaryl/α,β-unsaturated/α-hetero) is 1. The van der Waals surface area contributed by atoms with Crippen molar-refractivity contribution >= 4 is 29.3 Å². The van der Waals surface area contributed by atoms with Crippen LogP contribution < -0.4 is 14.4 Å². The van der Waals surface area contributed by atoms with Crippen LogP contribution in [0.25, 0.3) is 0 Å². The molecule has 0 aromatic heterocycles. The third-order valence-corrected chi connectivity index (χ3v) is 10.8. The zero-order chi connectivity index (χ0) is 28.8. The van der Waals surface area contributed by atoms with Crippen molar-refractivity contribution in [3.63, 3.8) is 0 Å². The fourth-order valence-electron chi connectivity index (χ4n) is 9.25. The second kappa shape index (κ2) is 9.29. The fourth-order valence-corrected chi connectivity index (χ4v) is 9.25. The molecule has 2 N–H and O–H groups in total. The summed E-state index contributed by atoms with van der Waals surface area (Å²) in [5.74, 6) is -2.17. The monoisotopic (exact) mass is 566 g/mol. The molecule has 5 fully saturated rings. The standard InChI is InChI=1S/C23H26N2O4.C7H8O5/c1-27-16-8-14-15(9-17(16)28-2)25-20(26)10-18-21-13-7-19-23(14,22(21)25)4-5-24(19)11-12(13)3-6-29-18;8-3-1-4(6(9)10)5(2-3)7(11)12/h3,8-9,13,18-19,21-22H,4-7,10-11H2,1-2H3;4-5H,1-2H2,(H,9,10)(H,11,12)/t13-,18-,19-,21-,22-,23+;4-,5-/m01/s1. The van der Waals surface area contributed by atoms with Crippen LogP contribution in [-0.4, -0.2) is 90.8 Å². The summed E-state index contributed by atoms with van der Waals surface area (Å²) in [4.78, 5) is 49.9. The van der Waals surface area contributed by atoms with Gasteiger partial charge in [-0.1, -0.05) is 11.6 Å². The Kier molecular flexibility index (Phi) is 5.99. The Morgan fingerprint density at radius 2 is 1.71 bits per heavy atom. The highest BCUT2D eigenvalue weighted by molar-refractivity contribution is 6.00. The van der Waals surface area contributed by atoms with Crippen LogP contribution in [0.1, 0.15) is 37.7 Å². The number of rotatable bonds is 4. The normalized spacial score (nSPS) is 37.5. The second-order valence-corrected chi connectivity index (χ2v) is 12.3. The fraction of sp³-hybridized carbons (Fsp3) is 0.600. The summed E-state index contributed by atoms with van der Waals surface area (Å²) in [6, 6.07) is 4.87. The lowest BCUT2D eigenvalue weighted by Crippen LogP contribution is -2.69. The average molecular weight is 567 g/mol. The number of anilines is 1. The molecule has 8 rings (SSSR count). The lowest BCUT2D eigenvalue weighted by molar-refractivity contribution is -0.152. The number of ketones is 1. The highest BCUT2D eigenvalue weighted by Gasteiger charge is 2.71. The van der Waals surface area contributed by atoms with E-state index in [2.05, 4.69) is 21.9 Å². The Morgan fingerprint density at radius 3 is 2.37 bits per heavy atom. The third kappa shape index (κ3) is 3.57. The molecule has 2 aliphatic carbocycles. The smallest absolute Gasteiger partial charge is 0.307 e. The number of fused-ring (bicyclic) bond motifs is 2. The Balaban J connectivity index is 0.000000196. The minimum Gasteiger partial charge on any atom is -0.493 e. The molecule has 2 bridgehead atoms. The summed E-state index contributed by atoms with van der Waals surface area (Å²) in [5, 5.41) is 17.1. The van der Waals surface area contributed by atoms with E-state index in [1.165, 1.54) is 12.0 Å². The number of benzene rings is 1. The molecule has 3 saturated heterocycles. The molecule has 11 heteroatoms. The molecule has 5 heterocycles. The zero-order valence-corrected chi connectivity index (χ0v) is 23.1. The molecule has 218 valence electrons. The van der Waals surface area contributed by atoms with Gasteiger partial charge in [0.1, 0.15) is 5.78 Å². The maximum atomic E-state index is 13.5. The molecule has 1 aromatic carbocycles. The van der Waals surface area contributed by atoms with Crippen LogP contribution in [0.4, 0.5) is 5.69 Å². The molecule has 1 amide bonds. The number of carbonyl (C=O) groups is 4. The highest BCUT2D eigenvalue weighted by atomic mass is 16.5. The third-order valence-electron chi connectivity index (χ3n) is 10.8. The lowest BCUT2D eigenvalue weighted by Gasteiger charge is -2.58. The largest absolute Gasteiger partial charge is 0.493 e. The molecule has 2 saturated carbocycles. The molecular weight excluding hydrogens is 532 g/mol. The Bertz CT molecular complexity index is 1370. The van der Waals surface area contributed by atoms with Crippen molar-refractivity contribution in [3.05, 3.63) is 29.3 Å². The van der Waals surface area contributed by atoms with Crippen LogP contribution in [0.2, 0.25) is 0 Å². The van der Waals surface area contributed by atoms with Crippen LogP contribution >= 0.6 is 0 Å². The first-order valence-corrected chi connectivity index (χ1v) is 14.3. The molecule has 1 spiro atoms. The Hall–Kier alpha value is -3.44. The number of ether oxygens (including phenoxy) is 3. The Morgan fingerprint density at radius 1 is 1.02 bits per heavy atom. The number of aliphatic carboxylic acids is 2. The minimum absolute atomic E-state index is 0.0242. The number of amides is 1. The van der Waals surface area contributed by atoms with Crippen LogP contribution in [0.3, 0.4) is 0 Å². The molecule has 0 radical (unpaired) electrons. The van der Waals surface area contributed by atoms with E-state index in [1.54, 1.807) is 19.8 Å². The van der Waals surface area contributed by atoms with Crippen LogP contribution in [-0.2, 0) is 29.3 Å². The van der Waals surface area contributed by atoms with Gasteiger partial charge in [-0.25, -0.2) is 0 Å². The van der Waals surface area contributed by atoms with E-state index in [0.29, 0.717) is 36.7 Å². The first kappa shape index (κ1) is 26.5. The summed E-state index contributed by atoms with van der Waals surface area (Å²) in [5.41, 5.74) is 3.85. The zero-order valence-electron chi connectivity index (χ0n) is 23.1. The number of carboxylic acids is 2. The van der Waals surface area contributed by atoms with Crippen molar-refractivity contribution in [1.82, 2.24) is 4.90 Å². The van der Waals surface area contributed by atoms with Crippen molar-refractivity contribution in [1.29, 1.82) is 0 Å². The number of nitrogens with zero attached hydrogens (tertiary/aromatic N) is 2. The molecule has 11 nitrogen and oxygen atoms in total. The van der Waals surface area contributed by atoms with E-state index in [9.17, 15) is 19.2 Å². The first-order valence-electron chi connectivity index (χ1n) is 14.3. The van der Waals surface area contributed by atoms with E-state index in [1.807, 2.05) is 6.07 Å². The van der Waals surface area contributed by atoms with Crippen molar-refractivity contribution in [2.75, 3.05) is 38.8 Å². The number of carboxylic acid groups (broad SMARTS) is 2. The van der Waals surface area contributed by atoms with Crippen LogP contribution in [0.15, 0.2) is 23.8 Å². The van der Waals surface area contributed by atoms with Crippen molar-refractivity contribution < 1.29 is 43.6 Å². The molecule has 1 aromatic rings. The van der Waals surface area contributed by atoms with Gasteiger partial charge in [0.15, 0.2) is 11.5 Å². The molecular formula is C30H34N2O9. The van der Waals surface area contributed by atoms with Gasteiger partial charge in [0.2, 0.25) is 5.91 Å². The summed E-state index contributed by atoms with van der Waals surface area (Å²) >= 11 is 0. The van der Waals surface area contributed by atoms with Crippen molar-refractivity contribution in [2.24, 2.45) is 23.7 Å². The van der Waals surface area contributed by atoms with Gasteiger partial charge in [-0.3, -0.25) is 24.1 Å². The Labute approximate surface area is 237 Å². The van der Waals surface area contributed by atoms with E-state index in [-0.39, 0.29) is 42.1 Å². The average Bonchev–Trinajstić information content (AvgIpc) is 3.58. The second-order valence-electron chi connectivity index (χ2n) is 12.3. The maximum Gasteiger partial charge on any atom is 0.307 e. The topological polar surface area (TPSA) is 143 Å². The number of piperidine rings is 2. The van der Waals surface area contributed by atoms with E-state index < -0.39 is 23.8 Å². The molecule has 8 atom stereocenters. The maximum absolute atomic E-state index is 13.5. The van der Waals surface area contributed by atoms with Gasteiger partial charge in [0, 0.05) is 42.8 Å². The van der Waals surface area contributed by atoms with Gasteiger partial charge < -0.3 is 29.3 Å². The van der Waals surface area contributed by atoms with Gasteiger partial charge in [0.05, 0.1) is 56.9 Å². The summed E-state index contributed by atoms with van der Waals surface area (Å²) in [6.45, 7) is 2.80. The number of methoxy groups -OCH3 is 2. The molecule has 41 heavy (non-hydrogen) atoms. The minimum atomic E-state index is -1.20. The number of hydrogen-bond acceptors (Lipinski definition) is 8. The van der Waals surface area contributed by atoms with Crippen molar-refractivity contribution in [2.45, 2.75) is 55.7 Å².